The normalized spacial score (nSPS) is 20.8. The minimum Gasteiger partial charge on any atom is -0.368 e. The molecule has 1 rings (SSSR count). The molecule has 1 heterocycles. The van der Waals surface area contributed by atoms with Crippen molar-refractivity contribution >= 4 is 11.8 Å². The molecule has 0 spiro atoms. The van der Waals surface area contributed by atoms with Crippen molar-refractivity contribution in [3.63, 3.8) is 0 Å². The van der Waals surface area contributed by atoms with Gasteiger partial charge in [-0.1, -0.05) is 0 Å². The summed E-state index contributed by atoms with van der Waals surface area (Å²) in [6.07, 6.45) is 0.900. The van der Waals surface area contributed by atoms with Crippen LogP contribution in [0.5, 0.6) is 0 Å². The highest BCUT2D eigenvalue weighted by Crippen LogP contribution is 2.06. The number of rotatable bonds is 2. The topological polar surface area (TPSA) is 66.6 Å². The fraction of sp³-hybridized carbons (Fsp3) is 0.800. The Labute approximate surface area is 90.2 Å². The molecule has 1 aliphatic rings. The first-order chi connectivity index (χ1) is 7.02. The fourth-order valence-corrected chi connectivity index (χ4v) is 1.82. The second-order valence-electron chi connectivity index (χ2n) is 3.97. The summed E-state index contributed by atoms with van der Waals surface area (Å²) in [6, 6.07) is -0.239. The monoisotopic (exact) mass is 213 g/mol. The van der Waals surface area contributed by atoms with Crippen LogP contribution in [0.15, 0.2) is 0 Å². The van der Waals surface area contributed by atoms with E-state index in [0.717, 1.165) is 26.1 Å². The van der Waals surface area contributed by atoms with E-state index in [1.54, 1.807) is 6.92 Å². The quantitative estimate of drug-likeness (QED) is 0.667. The first-order valence-electron chi connectivity index (χ1n) is 5.31. The molecule has 0 bridgehead atoms. The Morgan fingerprint density at radius 3 is 2.40 bits per heavy atom. The Bertz CT molecular complexity index is 255. The van der Waals surface area contributed by atoms with Gasteiger partial charge in [-0.2, -0.15) is 0 Å². The van der Waals surface area contributed by atoms with Gasteiger partial charge >= 0.3 is 0 Å². The third kappa shape index (κ3) is 3.20. The molecule has 0 aliphatic carbocycles. The number of hydrogen-bond acceptors (Lipinski definition) is 3. The Morgan fingerprint density at radius 1 is 1.20 bits per heavy atom. The molecule has 0 aromatic heterocycles. The molecule has 1 unspecified atom stereocenters. The lowest BCUT2D eigenvalue weighted by atomic mass is 10.2. The maximum absolute atomic E-state index is 11.2. The van der Waals surface area contributed by atoms with Crippen LogP contribution in [-0.4, -0.2) is 53.8 Å². The van der Waals surface area contributed by atoms with E-state index in [2.05, 4.69) is 0 Å². The predicted octanol–water partition coefficient (Wildman–Crippen LogP) is -0.586. The van der Waals surface area contributed by atoms with E-state index < -0.39 is 0 Å². The molecule has 0 aromatic rings. The molecule has 1 saturated heterocycles. The lowest BCUT2D eigenvalue weighted by molar-refractivity contribution is -0.128. The molecule has 2 amide bonds. The summed E-state index contributed by atoms with van der Waals surface area (Å²) in [7, 11) is 0. The van der Waals surface area contributed by atoms with Gasteiger partial charge in [0.25, 0.3) is 0 Å². The van der Waals surface area contributed by atoms with Gasteiger partial charge in [0.05, 0.1) is 6.04 Å². The van der Waals surface area contributed by atoms with Crippen molar-refractivity contribution in [3.05, 3.63) is 0 Å². The summed E-state index contributed by atoms with van der Waals surface area (Å²) in [5.41, 5.74) is 5.25. The number of hydrogen-bond donors (Lipinski definition) is 1. The maximum Gasteiger partial charge on any atom is 0.234 e. The highest BCUT2D eigenvalue weighted by Gasteiger charge is 2.22. The second-order valence-corrected chi connectivity index (χ2v) is 3.97. The van der Waals surface area contributed by atoms with E-state index in [4.69, 9.17) is 5.73 Å². The molecular weight excluding hydrogens is 194 g/mol. The lowest BCUT2D eigenvalue weighted by Crippen LogP contribution is -2.44. The lowest BCUT2D eigenvalue weighted by Gasteiger charge is -2.25. The molecule has 1 fully saturated rings. The van der Waals surface area contributed by atoms with Crippen molar-refractivity contribution < 1.29 is 9.59 Å². The number of carbonyl (C=O) groups excluding carboxylic acids is 2. The number of amides is 2. The van der Waals surface area contributed by atoms with E-state index in [1.165, 1.54) is 0 Å². The standard InChI is InChI=1S/C10H19N3O2/c1-8(10(11)15)12-4-3-5-13(7-6-12)9(2)14/h8H,3-7H2,1-2H3,(H2,11,15). The molecule has 1 atom stereocenters. The van der Waals surface area contributed by atoms with Crippen LogP contribution in [0, 0.1) is 0 Å². The van der Waals surface area contributed by atoms with Crippen LogP contribution in [-0.2, 0) is 9.59 Å². The Morgan fingerprint density at radius 2 is 1.87 bits per heavy atom. The minimum absolute atomic E-state index is 0.101. The van der Waals surface area contributed by atoms with Crippen LogP contribution in [0.2, 0.25) is 0 Å². The van der Waals surface area contributed by atoms with Crippen LogP contribution in [0.4, 0.5) is 0 Å². The summed E-state index contributed by atoms with van der Waals surface area (Å²) in [6.45, 7) is 6.40. The van der Waals surface area contributed by atoms with Gasteiger partial charge in [0.15, 0.2) is 0 Å². The molecular formula is C10H19N3O2. The van der Waals surface area contributed by atoms with Crippen LogP contribution in [0.3, 0.4) is 0 Å². The van der Waals surface area contributed by atoms with E-state index in [-0.39, 0.29) is 17.9 Å². The van der Waals surface area contributed by atoms with E-state index in [0.29, 0.717) is 6.54 Å². The SMILES string of the molecule is CC(=O)N1CCCN(C(C)C(N)=O)CC1. The fourth-order valence-electron chi connectivity index (χ4n) is 1.82. The smallest absolute Gasteiger partial charge is 0.234 e. The van der Waals surface area contributed by atoms with Crippen molar-refractivity contribution in [1.29, 1.82) is 0 Å². The van der Waals surface area contributed by atoms with Crippen LogP contribution in [0.1, 0.15) is 20.3 Å². The molecule has 5 nitrogen and oxygen atoms in total. The predicted molar refractivity (Wildman–Crippen MR) is 57.1 cm³/mol. The van der Waals surface area contributed by atoms with Gasteiger partial charge < -0.3 is 10.6 Å². The van der Waals surface area contributed by atoms with Crippen LogP contribution >= 0.6 is 0 Å². The van der Waals surface area contributed by atoms with Crippen LogP contribution < -0.4 is 5.73 Å². The highest BCUT2D eigenvalue weighted by molar-refractivity contribution is 5.79. The maximum atomic E-state index is 11.2. The van der Waals surface area contributed by atoms with Gasteiger partial charge in [0.1, 0.15) is 0 Å². The third-order valence-corrected chi connectivity index (χ3v) is 2.94. The van der Waals surface area contributed by atoms with Crippen molar-refractivity contribution in [1.82, 2.24) is 9.80 Å². The third-order valence-electron chi connectivity index (χ3n) is 2.94. The zero-order chi connectivity index (χ0) is 11.4. The first-order valence-corrected chi connectivity index (χ1v) is 5.31. The van der Waals surface area contributed by atoms with Gasteiger partial charge in [-0.05, 0) is 13.3 Å². The minimum atomic E-state index is -0.300. The summed E-state index contributed by atoms with van der Waals surface area (Å²) in [5.74, 6) is -0.199. The average molecular weight is 213 g/mol. The summed E-state index contributed by atoms with van der Waals surface area (Å²) in [4.78, 5) is 26.1. The van der Waals surface area contributed by atoms with Gasteiger partial charge in [-0.3, -0.25) is 14.5 Å². The summed E-state index contributed by atoms with van der Waals surface area (Å²) < 4.78 is 0. The number of nitrogens with zero attached hydrogens (tertiary/aromatic N) is 2. The highest BCUT2D eigenvalue weighted by atomic mass is 16.2. The summed E-state index contributed by atoms with van der Waals surface area (Å²) in [5, 5.41) is 0. The van der Waals surface area contributed by atoms with E-state index in [1.807, 2.05) is 16.7 Å². The Kier molecular flexibility index (Phi) is 4.08. The Hall–Kier alpha value is -1.10. The summed E-state index contributed by atoms with van der Waals surface area (Å²) >= 11 is 0. The van der Waals surface area contributed by atoms with Crippen LogP contribution in [0.25, 0.3) is 0 Å². The molecule has 0 radical (unpaired) electrons. The van der Waals surface area contributed by atoms with Crippen molar-refractivity contribution in [3.8, 4) is 0 Å². The zero-order valence-electron chi connectivity index (χ0n) is 9.40. The van der Waals surface area contributed by atoms with E-state index >= 15 is 0 Å². The molecule has 86 valence electrons. The molecule has 5 heteroatoms. The van der Waals surface area contributed by atoms with Gasteiger partial charge in [0.2, 0.25) is 11.8 Å². The molecule has 0 saturated carbocycles. The van der Waals surface area contributed by atoms with Crippen molar-refractivity contribution in [2.45, 2.75) is 26.3 Å². The zero-order valence-corrected chi connectivity index (χ0v) is 9.40. The molecule has 2 N–H and O–H groups in total. The molecule has 1 aliphatic heterocycles. The van der Waals surface area contributed by atoms with Gasteiger partial charge in [-0.25, -0.2) is 0 Å². The van der Waals surface area contributed by atoms with E-state index in [9.17, 15) is 9.59 Å². The molecule has 15 heavy (non-hydrogen) atoms. The largest absolute Gasteiger partial charge is 0.368 e. The number of nitrogens with two attached hydrogens (primary N) is 1. The molecule has 0 aromatic carbocycles. The second kappa shape index (κ2) is 5.11. The van der Waals surface area contributed by atoms with Crippen molar-refractivity contribution in [2.24, 2.45) is 5.73 Å². The number of carbonyl (C=O) groups is 2. The Balaban J connectivity index is 2.52. The van der Waals surface area contributed by atoms with Gasteiger partial charge in [0, 0.05) is 33.1 Å². The average Bonchev–Trinajstić information content (AvgIpc) is 2.41. The van der Waals surface area contributed by atoms with Crippen molar-refractivity contribution in [2.75, 3.05) is 26.2 Å². The number of primary amides is 1. The first kappa shape index (κ1) is 12.0. The van der Waals surface area contributed by atoms with Gasteiger partial charge in [-0.15, -0.1) is 0 Å².